The van der Waals surface area contributed by atoms with Crippen LogP contribution in [0.25, 0.3) is 0 Å². The predicted octanol–water partition coefficient (Wildman–Crippen LogP) is 4.06. The smallest absolute Gasteiger partial charge is 0.122 e. The van der Waals surface area contributed by atoms with Crippen molar-refractivity contribution in [3.63, 3.8) is 0 Å². The molecular formula is C15H15BrO2. The van der Waals surface area contributed by atoms with Crippen LogP contribution in [0, 0.1) is 0 Å². The molecule has 0 aliphatic rings. The molecule has 94 valence electrons. The summed E-state index contributed by atoms with van der Waals surface area (Å²) in [6, 6.07) is 14.1. The summed E-state index contributed by atoms with van der Waals surface area (Å²) in [5.41, 5.74) is 2.39. The number of hydrogen-bond acceptors (Lipinski definition) is 2. The summed E-state index contributed by atoms with van der Waals surface area (Å²) in [5.74, 6) is 1.79. The molecule has 0 saturated carbocycles. The fourth-order valence-electron chi connectivity index (χ4n) is 1.85. The average molecular weight is 307 g/mol. The summed E-state index contributed by atoms with van der Waals surface area (Å²) < 4.78 is 11.6. The van der Waals surface area contributed by atoms with Gasteiger partial charge in [0.15, 0.2) is 0 Å². The maximum Gasteiger partial charge on any atom is 0.122 e. The first-order chi connectivity index (χ1) is 8.72. The van der Waals surface area contributed by atoms with Gasteiger partial charge in [-0.25, -0.2) is 0 Å². The lowest BCUT2D eigenvalue weighted by molar-refractivity contribution is 0.410. The second-order valence-corrected chi connectivity index (χ2v) is 4.90. The van der Waals surface area contributed by atoms with Crippen LogP contribution in [0.5, 0.6) is 11.5 Å². The molecular weight excluding hydrogens is 292 g/mol. The van der Waals surface area contributed by atoms with Crippen LogP contribution in [0.3, 0.4) is 0 Å². The molecule has 0 radical (unpaired) electrons. The van der Waals surface area contributed by atoms with Gasteiger partial charge in [0.2, 0.25) is 0 Å². The van der Waals surface area contributed by atoms with E-state index in [0.717, 1.165) is 28.0 Å². The Bertz CT molecular complexity index is 521. The van der Waals surface area contributed by atoms with Crippen LogP contribution in [-0.2, 0) is 6.42 Å². The van der Waals surface area contributed by atoms with Crippen molar-refractivity contribution in [1.82, 2.24) is 0 Å². The zero-order valence-electron chi connectivity index (χ0n) is 10.4. The molecule has 0 spiro atoms. The zero-order chi connectivity index (χ0) is 13.0. The molecule has 2 aromatic carbocycles. The van der Waals surface area contributed by atoms with E-state index in [9.17, 15) is 0 Å². The Hall–Kier alpha value is -1.48. The fraction of sp³-hybridized carbons (Fsp3) is 0.200. The first-order valence-electron chi connectivity index (χ1n) is 5.68. The summed E-state index contributed by atoms with van der Waals surface area (Å²) >= 11 is 3.49. The number of hydrogen-bond donors (Lipinski definition) is 0. The Morgan fingerprint density at radius 3 is 2.28 bits per heavy atom. The van der Waals surface area contributed by atoms with Crippen molar-refractivity contribution in [3.8, 4) is 11.5 Å². The lowest BCUT2D eigenvalue weighted by atomic mass is 10.0. The molecule has 0 aromatic heterocycles. The average Bonchev–Trinajstić information content (AvgIpc) is 2.40. The van der Waals surface area contributed by atoms with Crippen molar-refractivity contribution in [2.24, 2.45) is 0 Å². The van der Waals surface area contributed by atoms with Crippen molar-refractivity contribution >= 4 is 15.9 Å². The SMILES string of the molecule is COc1ccc(Cc2cc(Br)ccc2OC)cc1. The van der Waals surface area contributed by atoms with Crippen molar-refractivity contribution in [1.29, 1.82) is 0 Å². The fourth-order valence-corrected chi connectivity index (χ4v) is 2.26. The third kappa shape index (κ3) is 3.05. The van der Waals surface area contributed by atoms with Crippen molar-refractivity contribution < 1.29 is 9.47 Å². The topological polar surface area (TPSA) is 18.5 Å². The minimum absolute atomic E-state index is 0.840. The van der Waals surface area contributed by atoms with Gasteiger partial charge in [0.25, 0.3) is 0 Å². The minimum Gasteiger partial charge on any atom is -0.497 e. The van der Waals surface area contributed by atoms with Crippen molar-refractivity contribution in [2.75, 3.05) is 14.2 Å². The molecule has 0 aliphatic carbocycles. The van der Waals surface area contributed by atoms with E-state index in [1.807, 2.05) is 24.3 Å². The number of halogens is 1. The standard InChI is InChI=1S/C15H15BrO2/c1-17-14-6-3-11(4-7-14)9-12-10-13(16)5-8-15(12)18-2/h3-8,10H,9H2,1-2H3. The molecule has 0 saturated heterocycles. The second kappa shape index (κ2) is 5.91. The van der Waals surface area contributed by atoms with Crippen LogP contribution in [0.1, 0.15) is 11.1 Å². The summed E-state index contributed by atoms with van der Waals surface area (Å²) in [6.07, 6.45) is 0.840. The van der Waals surface area contributed by atoms with Crippen LogP contribution in [0.2, 0.25) is 0 Å². The Kier molecular flexibility index (Phi) is 4.26. The van der Waals surface area contributed by atoms with Gasteiger partial charge in [-0.3, -0.25) is 0 Å². The third-order valence-corrected chi connectivity index (χ3v) is 3.29. The second-order valence-electron chi connectivity index (χ2n) is 3.98. The molecule has 0 heterocycles. The molecule has 2 nitrogen and oxygen atoms in total. The Balaban J connectivity index is 2.24. The van der Waals surface area contributed by atoms with E-state index in [1.165, 1.54) is 5.56 Å². The van der Waals surface area contributed by atoms with Gasteiger partial charge in [0.1, 0.15) is 11.5 Å². The first kappa shape index (κ1) is 13.0. The predicted molar refractivity (Wildman–Crippen MR) is 76.5 cm³/mol. The Morgan fingerprint density at radius 2 is 1.67 bits per heavy atom. The van der Waals surface area contributed by atoms with Gasteiger partial charge in [-0.05, 0) is 41.5 Å². The van der Waals surface area contributed by atoms with Gasteiger partial charge in [-0.15, -0.1) is 0 Å². The van der Waals surface area contributed by atoms with E-state index in [-0.39, 0.29) is 0 Å². The molecule has 0 aliphatic heterocycles. The molecule has 2 rings (SSSR count). The minimum atomic E-state index is 0.840. The molecule has 0 amide bonds. The molecule has 2 aromatic rings. The lowest BCUT2D eigenvalue weighted by Gasteiger charge is -2.09. The molecule has 0 atom stereocenters. The number of methoxy groups -OCH3 is 2. The highest BCUT2D eigenvalue weighted by Gasteiger charge is 2.05. The molecule has 0 unspecified atom stereocenters. The van der Waals surface area contributed by atoms with Crippen LogP contribution >= 0.6 is 15.9 Å². The number of ether oxygens (including phenoxy) is 2. The zero-order valence-corrected chi connectivity index (χ0v) is 12.0. The van der Waals surface area contributed by atoms with Crippen molar-refractivity contribution in [3.05, 3.63) is 58.1 Å². The summed E-state index contributed by atoms with van der Waals surface area (Å²) in [5, 5.41) is 0. The molecule has 0 fully saturated rings. The Morgan fingerprint density at radius 1 is 0.944 bits per heavy atom. The molecule has 3 heteroatoms. The highest BCUT2D eigenvalue weighted by molar-refractivity contribution is 9.10. The van der Waals surface area contributed by atoms with Gasteiger partial charge in [0, 0.05) is 10.9 Å². The quantitative estimate of drug-likeness (QED) is 0.848. The molecule has 18 heavy (non-hydrogen) atoms. The van der Waals surface area contributed by atoms with Gasteiger partial charge < -0.3 is 9.47 Å². The summed E-state index contributed by atoms with van der Waals surface area (Å²) in [6.45, 7) is 0. The van der Waals surface area contributed by atoms with E-state index in [0.29, 0.717) is 0 Å². The summed E-state index contributed by atoms with van der Waals surface area (Å²) in [7, 11) is 3.37. The lowest BCUT2D eigenvalue weighted by Crippen LogP contribution is -1.94. The number of rotatable bonds is 4. The van der Waals surface area contributed by atoms with E-state index >= 15 is 0 Å². The van der Waals surface area contributed by atoms with E-state index in [2.05, 4.69) is 34.1 Å². The van der Waals surface area contributed by atoms with Crippen LogP contribution < -0.4 is 9.47 Å². The van der Waals surface area contributed by atoms with E-state index in [1.54, 1.807) is 14.2 Å². The van der Waals surface area contributed by atoms with Gasteiger partial charge in [0.05, 0.1) is 14.2 Å². The number of benzene rings is 2. The highest BCUT2D eigenvalue weighted by atomic mass is 79.9. The highest BCUT2D eigenvalue weighted by Crippen LogP contribution is 2.26. The maximum atomic E-state index is 5.37. The van der Waals surface area contributed by atoms with Crippen LogP contribution in [0.4, 0.5) is 0 Å². The summed E-state index contributed by atoms with van der Waals surface area (Å²) in [4.78, 5) is 0. The third-order valence-electron chi connectivity index (χ3n) is 2.80. The normalized spacial score (nSPS) is 10.2. The van der Waals surface area contributed by atoms with Gasteiger partial charge in [-0.2, -0.15) is 0 Å². The van der Waals surface area contributed by atoms with E-state index < -0.39 is 0 Å². The maximum absolute atomic E-state index is 5.37. The monoisotopic (exact) mass is 306 g/mol. The largest absolute Gasteiger partial charge is 0.497 e. The molecule has 0 bridgehead atoms. The molecule has 0 N–H and O–H groups in total. The Labute approximate surface area is 116 Å². The first-order valence-corrected chi connectivity index (χ1v) is 6.47. The van der Waals surface area contributed by atoms with Crippen LogP contribution in [-0.4, -0.2) is 14.2 Å². The van der Waals surface area contributed by atoms with Gasteiger partial charge >= 0.3 is 0 Å². The van der Waals surface area contributed by atoms with Gasteiger partial charge in [-0.1, -0.05) is 28.1 Å². The van der Waals surface area contributed by atoms with Crippen LogP contribution in [0.15, 0.2) is 46.9 Å². The van der Waals surface area contributed by atoms with Crippen molar-refractivity contribution in [2.45, 2.75) is 6.42 Å². The van der Waals surface area contributed by atoms with E-state index in [4.69, 9.17) is 9.47 Å².